The molecule has 1 amide bonds. The first-order chi connectivity index (χ1) is 14.2. The first-order valence-electron chi connectivity index (χ1n) is 9.84. The second kappa shape index (κ2) is 8.82. The monoisotopic (exact) mass is 391 g/mol. The van der Waals surface area contributed by atoms with Crippen molar-refractivity contribution >= 4 is 5.91 Å². The fourth-order valence-corrected chi connectivity index (χ4v) is 3.54. The van der Waals surface area contributed by atoms with Gasteiger partial charge in [-0.25, -0.2) is 14.4 Å². The van der Waals surface area contributed by atoms with Crippen molar-refractivity contribution in [2.75, 3.05) is 0 Å². The van der Waals surface area contributed by atoms with Gasteiger partial charge in [0.15, 0.2) is 0 Å². The molecule has 0 unspecified atom stereocenters. The molecule has 2 aromatic carbocycles. The number of aromatic nitrogens is 2. The predicted molar refractivity (Wildman–Crippen MR) is 108 cm³/mol. The number of nitrogens with one attached hydrogen (secondary N) is 1. The molecule has 148 valence electrons. The fraction of sp³-hybridized carbons (Fsp3) is 0.261. The minimum absolute atomic E-state index is 0.0921. The SMILES string of the molecule is O=C(NC1CCCCC1)c1cccc(Oc2cc(-c3cccc(F)c3)ncn2)c1. The molecule has 1 aromatic heterocycles. The van der Waals surface area contributed by atoms with Crippen LogP contribution in [0.2, 0.25) is 0 Å². The zero-order valence-corrected chi connectivity index (χ0v) is 16.0. The lowest BCUT2D eigenvalue weighted by atomic mass is 9.95. The zero-order valence-electron chi connectivity index (χ0n) is 16.0. The molecule has 0 spiro atoms. The van der Waals surface area contributed by atoms with Gasteiger partial charge in [-0.05, 0) is 43.2 Å². The average molecular weight is 391 g/mol. The number of halogens is 1. The summed E-state index contributed by atoms with van der Waals surface area (Å²) >= 11 is 0. The lowest BCUT2D eigenvalue weighted by Crippen LogP contribution is -2.36. The Bertz CT molecular complexity index is 1000. The van der Waals surface area contributed by atoms with Crippen LogP contribution in [0.25, 0.3) is 11.3 Å². The number of benzene rings is 2. The first-order valence-corrected chi connectivity index (χ1v) is 9.84. The maximum Gasteiger partial charge on any atom is 0.251 e. The summed E-state index contributed by atoms with van der Waals surface area (Å²) in [5.41, 5.74) is 1.74. The number of carbonyl (C=O) groups excluding carboxylic acids is 1. The van der Waals surface area contributed by atoms with E-state index >= 15 is 0 Å². The van der Waals surface area contributed by atoms with Gasteiger partial charge in [-0.3, -0.25) is 4.79 Å². The Labute approximate surface area is 169 Å². The van der Waals surface area contributed by atoms with Crippen LogP contribution in [0.3, 0.4) is 0 Å². The Morgan fingerprint density at radius 2 is 1.83 bits per heavy atom. The number of hydrogen-bond acceptors (Lipinski definition) is 4. The summed E-state index contributed by atoms with van der Waals surface area (Å²) in [4.78, 5) is 20.9. The Kier molecular flexibility index (Phi) is 5.79. The van der Waals surface area contributed by atoms with Crippen LogP contribution in [-0.4, -0.2) is 21.9 Å². The normalized spacial score (nSPS) is 14.4. The van der Waals surface area contributed by atoms with Gasteiger partial charge in [-0.15, -0.1) is 0 Å². The number of carbonyl (C=O) groups is 1. The van der Waals surface area contributed by atoms with Gasteiger partial charge < -0.3 is 10.1 Å². The van der Waals surface area contributed by atoms with E-state index in [4.69, 9.17) is 4.74 Å². The number of rotatable bonds is 5. The van der Waals surface area contributed by atoms with Crippen LogP contribution < -0.4 is 10.1 Å². The van der Waals surface area contributed by atoms with E-state index in [9.17, 15) is 9.18 Å². The van der Waals surface area contributed by atoms with Crippen molar-refractivity contribution in [1.82, 2.24) is 15.3 Å². The highest BCUT2D eigenvalue weighted by molar-refractivity contribution is 5.94. The summed E-state index contributed by atoms with van der Waals surface area (Å²) < 4.78 is 19.3. The van der Waals surface area contributed by atoms with Crippen LogP contribution in [0, 0.1) is 5.82 Å². The van der Waals surface area contributed by atoms with E-state index in [1.165, 1.54) is 24.9 Å². The minimum atomic E-state index is -0.333. The van der Waals surface area contributed by atoms with Crippen LogP contribution in [0.15, 0.2) is 60.9 Å². The molecule has 1 fully saturated rings. The molecule has 0 bridgehead atoms. The molecule has 0 atom stereocenters. The van der Waals surface area contributed by atoms with Crippen molar-refractivity contribution in [2.45, 2.75) is 38.1 Å². The molecule has 0 radical (unpaired) electrons. The molecule has 1 heterocycles. The fourth-order valence-electron chi connectivity index (χ4n) is 3.54. The lowest BCUT2D eigenvalue weighted by Gasteiger charge is -2.22. The molecule has 1 aliphatic carbocycles. The Morgan fingerprint density at radius 1 is 1.00 bits per heavy atom. The summed E-state index contributed by atoms with van der Waals surface area (Å²) in [6.07, 6.45) is 7.00. The summed E-state index contributed by atoms with van der Waals surface area (Å²) in [6, 6.07) is 15.1. The van der Waals surface area contributed by atoms with Crippen molar-refractivity contribution in [3.63, 3.8) is 0 Å². The number of amides is 1. The van der Waals surface area contributed by atoms with Crippen molar-refractivity contribution < 1.29 is 13.9 Å². The Balaban J connectivity index is 1.48. The van der Waals surface area contributed by atoms with Gasteiger partial charge in [0.1, 0.15) is 17.9 Å². The van der Waals surface area contributed by atoms with Gasteiger partial charge in [0.2, 0.25) is 5.88 Å². The van der Waals surface area contributed by atoms with Crippen molar-refractivity contribution in [2.24, 2.45) is 0 Å². The quantitative estimate of drug-likeness (QED) is 0.654. The molecule has 1 N–H and O–H groups in total. The van der Waals surface area contributed by atoms with Gasteiger partial charge in [0.05, 0.1) is 5.69 Å². The molecule has 0 saturated heterocycles. The summed E-state index contributed by atoms with van der Waals surface area (Å²) in [7, 11) is 0. The van der Waals surface area contributed by atoms with Gasteiger partial charge in [0, 0.05) is 23.2 Å². The highest BCUT2D eigenvalue weighted by Gasteiger charge is 2.17. The topological polar surface area (TPSA) is 64.1 Å². The third-order valence-electron chi connectivity index (χ3n) is 5.02. The van der Waals surface area contributed by atoms with Gasteiger partial charge in [0.25, 0.3) is 5.91 Å². The third-order valence-corrected chi connectivity index (χ3v) is 5.02. The standard InChI is InChI=1S/C23H22FN3O2/c24-18-8-4-6-16(12-18)21-14-22(26-15-25-21)29-20-11-5-7-17(13-20)23(28)27-19-9-2-1-3-10-19/h4-8,11-15,19H,1-3,9-10H2,(H,27,28). The summed E-state index contributed by atoms with van der Waals surface area (Å²) in [6.45, 7) is 0. The molecular weight excluding hydrogens is 369 g/mol. The van der Waals surface area contributed by atoms with E-state index in [0.717, 1.165) is 25.7 Å². The van der Waals surface area contributed by atoms with Crippen LogP contribution >= 0.6 is 0 Å². The maximum absolute atomic E-state index is 13.5. The van der Waals surface area contributed by atoms with Crippen molar-refractivity contribution in [3.8, 4) is 22.9 Å². The van der Waals surface area contributed by atoms with E-state index < -0.39 is 0 Å². The van der Waals surface area contributed by atoms with Crippen molar-refractivity contribution in [3.05, 3.63) is 72.3 Å². The first kappa shape index (κ1) is 19.1. The van der Waals surface area contributed by atoms with Crippen LogP contribution in [0.4, 0.5) is 4.39 Å². The third kappa shape index (κ3) is 4.96. The second-order valence-corrected chi connectivity index (χ2v) is 7.19. The van der Waals surface area contributed by atoms with E-state index in [0.29, 0.717) is 28.5 Å². The lowest BCUT2D eigenvalue weighted by molar-refractivity contribution is 0.0927. The smallest absolute Gasteiger partial charge is 0.251 e. The van der Waals surface area contributed by atoms with Gasteiger partial charge in [-0.2, -0.15) is 0 Å². The summed E-state index contributed by atoms with van der Waals surface area (Å²) in [5.74, 6) is 0.403. The molecule has 1 saturated carbocycles. The predicted octanol–water partition coefficient (Wildman–Crippen LogP) is 5.14. The molecule has 29 heavy (non-hydrogen) atoms. The molecular formula is C23H22FN3O2. The van der Waals surface area contributed by atoms with Gasteiger partial charge in [-0.1, -0.05) is 37.5 Å². The van der Waals surface area contributed by atoms with E-state index in [2.05, 4.69) is 15.3 Å². The molecule has 5 nitrogen and oxygen atoms in total. The number of nitrogens with zero attached hydrogens (tertiary/aromatic N) is 2. The van der Waals surface area contributed by atoms with Crippen molar-refractivity contribution in [1.29, 1.82) is 0 Å². The second-order valence-electron chi connectivity index (χ2n) is 7.19. The van der Waals surface area contributed by atoms with Crippen LogP contribution in [0.1, 0.15) is 42.5 Å². The highest BCUT2D eigenvalue weighted by Crippen LogP contribution is 2.25. The van der Waals surface area contributed by atoms with Crippen LogP contribution in [0.5, 0.6) is 11.6 Å². The molecule has 4 rings (SSSR count). The maximum atomic E-state index is 13.5. The molecule has 1 aliphatic rings. The largest absolute Gasteiger partial charge is 0.439 e. The number of ether oxygens (including phenoxy) is 1. The number of hydrogen-bond donors (Lipinski definition) is 1. The molecule has 6 heteroatoms. The highest BCUT2D eigenvalue weighted by atomic mass is 19.1. The van der Waals surface area contributed by atoms with E-state index in [-0.39, 0.29) is 17.8 Å². The van der Waals surface area contributed by atoms with E-state index in [1.54, 1.807) is 42.5 Å². The summed E-state index contributed by atoms with van der Waals surface area (Å²) in [5, 5.41) is 3.11. The molecule has 0 aliphatic heterocycles. The molecule has 3 aromatic rings. The van der Waals surface area contributed by atoms with Gasteiger partial charge >= 0.3 is 0 Å². The zero-order chi connectivity index (χ0) is 20.1. The minimum Gasteiger partial charge on any atom is -0.439 e. The Morgan fingerprint density at radius 3 is 2.66 bits per heavy atom. The van der Waals surface area contributed by atoms with E-state index in [1.807, 2.05) is 0 Å². The average Bonchev–Trinajstić information content (AvgIpc) is 2.75. The Hall–Kier alpha value is -3.28. The van der Waals surface area contributed by atoms with Crippen LogP contribution in [-0.2, 0) is 0 Å².